The van der Waals surface area contributed by atoms with E-state index in [2.05, 4.69) is 25.9 Å². The van der Waals surface area contributed by atoms with Crippen molar-refractivity contribution in [3.8, 4) is 5.75 Å². The Morgan fingerprint density at radius 1 is 1.23 bits per heavy atom. The van der Waals surface area contributed by atoms with Gasteiger partial charge >= 0.3 is 0 Å². The van der Waals surface area contributed by atoms with E-state index < -0.39 is 0 Å². The molecule has 1 aliphatic carbocycles. The highest BCUT2D eigenvalue weighted by atomic mass is 16.5. The average Bonchev–Trinajstić information content (AvgIpc) is 3.62. The molecule has 2 aromatic heterocycles. The minimum atomic E-state index is -0.334. The number of fused-ring (bicyclic) bond motifs is 4. The third-order valence-corrected chi connectivity index (χ3v) is 8.23. The molecule has 1 saturated carbocycles. The molecule has 1 atom stereocenters. The maximum Gasteiger partial charge on any atom is 0.223 e. The zero-order chi connectivity index (χ0) is 24.0. The number of nitrogens with zero attached hydrogens (tertiary/aromatic N) is 4. The van der Waals surface area contributed by atoms with E-state index in [-0.39, 0.29) is 24.0 Å². The summed E-state index contributed by atoms with van der Waals surface area (Å²) >= 11 is 0. The molecule has 1 saturated heterocycles. The fourth-order valence-corrected chi connectivity index (χ4v) is 6.17. The zero-order valence-corrected chi connectivity index (χ0v) is 20.2. The van der Waals surface area contributed by atoms with Crippen molar-refractivity contribution in [2.24, 2.45) is 5.92 Å². The summed E-state index contributed by atoms with van der Waals surface area (Å²) in [6.07, 6.45) is 10.1. The first-order valence-electron chi connectivity index (χ1n) is 12.7. The molecule has 6 rings (SSSR count). The molecule has 3 aliphatic rings. The van der Waals surface area contributed by atoms with Crippen LogP contribution in [0.2, 0.25) is 0 Å². The Morgan fingerprint density at radius 2 is 2.00 bits per heavy atom. The van der Waals surface area contributed by atoms with Gasteiger partial charge in [0.2, 0.25) is 5.91 Å². The van der Waals surface area contributed by atoms with Gasteiger partial charge in [0.1, 0.15) is 12.1 Å². The van der Waals surface area contributed by atoms with Crippen molar-refractivity contribution in [2.75, 3.05) is 33.4 Å². The number of aromatic amines is 1. The number of piperidine rings is 1. The van der Waals surface area contributed by atoms with Gasteiger partial charge in [-0.15, -0.1) is 0 Å². The molecule has 1 amide bonds. The van der Waals surface area contributed by atoms with E-state index in [9.17, 15) is 9.90 Å². The fourth-order valence-electron chi connectivity index (χ4n) is 6.17. The number of methoxy groups -OCH3 is 1. The molecule has 8 heteroatoms. The lowest BCUT2D eigenvalue weighted by Crippen LogP contribution is -2.55. The first kappa shape index (κ1) is 22.5. The summed E-state index contributed by atoms with van der Waals surface area (Å²) < 4.78 is 5.47. The van der Waals surface area contributed by atoms with Gasteiger partial charge in [0.25, 0.3) is 0 Å². The van der Waals surface area contributed by atoms with Crippen LogP contribution in [0.25, 0.3) is 10.9 Å². The van der Waals surface area contributed by atoms with Crippen LogP contribution < -0.4 is 4.74 Å². The summed E-state index contributed by atoms with van der Waals surface area (Å²) in [5.41, 5.74) is 4.26. The molecule has 184 valence electrons. The highest BCUT2D eigenvalue weighted by molar-refractivity contribution is 5.89. The van der Waals surface area contributed by atoms with Gasteiger partial charge in [-0.3, -0.25) is 9.69 Å². The van der Waals surface area contributed by atoms with Crippen LogP contribution in [-0.2, 0) is 16.8 Å². The highest BCUT2D eigenvalue weighted by Gasteiger charge is 2.49. The standard InChI is InChI=1S/C27H33N5O3/c1-35-20-4-5-21-22(11-20)30-26-23(15-33)32(24(34)10-18-2-3-18)16-27(25(21)26)6-8-31(9-7-27)14-19-12-28-17-29-13-19/h4-5,11-13,17-18,23,30,33H,2-3,6-10,14-16H2,1H3/t23-/m1/s1. The molecule has 2 N–H and O–H groups in total. The quantitative estimate of drug-likeness (QED) is 0.569. The minimum absolute atomic E-state index is 0.0798. The monoisotopic (exact) mass is 475 g/mol. The summed E-state index contributed by atoms with van der Waals surface area (Å²) in [4.78, 5) is 29.8. The smallest absolute Gasteiger partial charge is 0.223 e. The number of carbonyl (C=O) groups is 1. The molecule has 1 spiro atoms. The number of amides is 1. The van der Waals surface area contributed by atoms with Crippen molar-refractivity contribution in [2.45, 2.75) is 50.1 Å². The maximum atomic E-state index is 13.4. The summed E-state index contributed by atoms with van der Waals surface area (Å²) in [5, 5.41) is 11.6. The van der Waals surface area contributed by atoms with E-state index in [0.29, 0.717) is 18.9 Å². The molecule has 2 fully saturated rings. The van der Waals surface area contributed by atoms with Crippen LogP contribution in [0.3, 0.4) is 0 Å². The number of nitrogens with one attached hydrogen (secondary N) is 1. The summed E-state index contributed by atoms with van der Waals surface area (Å²) in [5.74, 6) is 1.49. The van der Waals surface area contributed by atoms with Crippen LogP contribution >= 0.6 is 0 Å². The third-order valence-electron chi connectivity index (χ3n) is 8.23. The van der Waals surface area contributed by atoms with Gasteiger partial charge in [-0.1, -0.05) is 0 Å². The largest absolute Gasteiger partial charge is 0.497 e. The van der Waals surface area contributed by atoms with Crippen LogP contribution in [-0.4, -0.2) is 69.1 Å². The Morgan fingerprint density at radius 3 is 2.69 bits per heavy atom. The number of rotatable bonds is 6. The highest BCUT2D eigenvalue weighted by Crippen LogP contribution is 2.49. The lowest BCUT2D eigenvalue weighted by Gasteiger charge is -2.50. The van der Waals surface area contributed by atoms with Gasteiger partial charge in [0.05, 0.1) is 19.8 Å². The second-order valence-corrected chi connectivity index (χ2v) is 10.5. The van der Waals surface area contributed by atoms with Gasteiger partial charge in [-0.2, -0.15) is 0 Å². The van der Waals surface area contributed by atoms with Gasteiger partial charge in [0, 0.05) is 65.5 Å². The Bertz CT molecular complexity index is 1210. The van der Waals surface area contributed by atoms with Crippen LogP contribution in [0.5, 0.6) is 5.75 Å². The molecule has 0 unspecified atom stereocenters. The number of aliphatic hydroxyl groups is 1. The van der Waals surface area contributed by atoms with E-state index in [1.165, 1.54) is 10.9 Å². The topological polar surface area (TPSA) is 94.6 Å². The van der Waals surface area contributed by atoms with E-state index in [1.807, 2.05) is 29.4 Å². The van der Waals surface area contributed by atoms with E-state index in [1.54, 1.807) is 13.4 Å². The van der Waals surface area contributed by atoms with Crippen molar-refractivity contribution in [1.29, 1.82) is 0 Å². The van der Waals surface area contributed by atoms with Crippen molar-refractivity contribution in [3.63, 3.8) is 0 Å². The van der Waals surface area contributed by atoms with E-state index in [0.717, 1.165) is 67.8 Å². The predicted octanol–water partition coefficient (Wildman–Crippen LogP) is 3.18. The van der Waals surface area contributed by atoms with Gasteiger partial charge in [-0.25, -0.2) is 9.97 Å². The fraction of sp³-hybridized carbons (Fsp3) is 0.519. The first-order valence-corrected chi connectivity index (χ1v) is 12.7. The predicted molar refractivity (Wildman–Crippen MR) is 132 cm³/mol. The lowest BCUT2D eigenvalue weighted by molar-refractivity contribution is -0.137. The van der Waals surface area contributed by atoms with Crippen LogP contribution in [0.1, 0.15) is 55.0 Å². The summed E-state index contributed by atoms with van der Waals surface area (Å²) in [6, 6.07) is 5.83. The molecule has 2 aliphatic heterocycles. The second kappa shape index (κ2) is 8.91. The Hall–Kier alpha value is -2.97. The van der Waals surface area contributed by atoms with Crippen LogP contribution in [0.4, 0.5) is 0 Å². The minimum Gasteiger partial charge on any atom is -0.497 e. The number of carbonyl (C=O) groups excluding carboxylic acids is 1. The Kier molecular flexibility index (Phi) is 5.73. The maximum absolute atomic E-state index is 13.4. The summed E-state index contributed by atoms with van der Waals surface area (Å²) in [6.45, 7) is 3.29. The molecule has 8 nitrogen and oxygen atoms in total. The molecular formula is C27H33N5O3. The second-order valence-electron chi connectivity index (χ2n) is 10.5. The van der Waals surface area contributed by atoms with Gasteiger partial charge in [-0.05, 0) is 62.4 Å². The molecule has 35 heavy (non-hydrogen) atoms. The number of aromatic nitrogens is 3. The SMILES string of the molecule is COc1ccc2c3c([nH]c2c1)[C@@H](CO)N(C(=O)CC1CC1)CC31CCN(Cc2cncnc2)CC1. The molecule has 3 aromatic rings. The molecule has 0 radical (unpaired) electrons. The number of ether oxygens (including phenoxy) is 1. The van der Waals surface area contributed by atoms with Crippen molar-refractivity contribution in [3.05, 3.63) is 53.7 Å². The van der Waals surface area contributed by atoms with Gasteiger partial charge < -0.3 is 19.7 Å². The lowest BCUT2D eigenvalue weighted by atomic mass is 9.68. The first-order chi connectivity index (χ1) is 17.1. The molecule has 0 bridgehead atoms. The van der Waals surface area contributed by atoms with E-state index in [4.69, 9.17) is 4.74 Å². The zero-order valence-electron chi connectivity index (χ0n) is 20.2. The number of aliphatic hydroxyl groups excluding tert-OH is 1. The third kappa shape index (κ3) is 4.08. The summed E-state index contributed by atoms with van der Waals surface area (Å²) in [7, 11) is 1.67. The number of hydrogen-bond donors (Lipinski definition) is 2. The molecule has 1 aromatic carbocycles. The van der Waals surface area contributed by atoms with Crippen molar-refractivity contribution >= 4 is 16.8 Å². The average molecular weight is 476 g/mol. The van der Waals surface area contributed by atoms with Crippen LogP contribution in [0, 0.1) is 5.92 Å². The normalized spacial score (nSPS) is 21.9. The molecular weight excluding hydrogens is 442 g/mol. The molecule has 4 heterocycles. The van der Waals surface area contributed by atoms with E-state index >= 15 is 0 Å². The Balaban J connectivity index is 1.37. The van der Waals surface area contributed by atoms with Crippen LogP contribution in [0.15, 0.2) is 36.9 Å². The number of benzene rings is 1. The number of likely N-dealkylation sites (tertiary alicyclic amines) is 1. The number of H-pyrrole nitrogens is 1. The van der Waals surface area contributed by atoms with Crippen molar-refractivity contribution < 1.29 is 14.6 Å². The Labute approximate surface area is 205 Å². The van der Waals surface area contributed by atoms with Gasteiger partial charge in [0.15, 0.2) is 0 Å². The van der Waals surface area contributed by atoms with Crippen molar-refractivity contribution in [1.82, 2.24) is 24.8 Å². The number of hydrogen-bond acceptors (Lipinski definition) is 6.